The van der Waals surface area contributed by atoms with Gasteiger partial charge in [-0.05, 0) is 36.6 Å². The molecule has 0 fully saturated rings. The van der Waals surface area contributed by atoms with Crippen LogP contribution in [0.15, 0.2) is 24.5 Å². The number of nitrogens with two attached hydrogens (primary N) is 1. The van der Waals surface area contributed by atoms with E-state index in [4.69, 9.17) is 5.73 Å². The minimum Gasteiger partial charge on any atom is -0.334 e. The van der Waals surface area contributed by atoms with Crippen LogP contribution < -0.4 is 5.73 Å². The van der Waals surface area contributed by atoms with Gasteiger partial charge in [-0.3, -0.25) is 0 Å². The SMILES string of the molecule is CC(CN)Cc1ccc2c(c1)ncn2C. The summed E-state index contributed by atoms with van der Waals surface area (Å²) in [6, 6.07) is 6.44. The molecular weight excluding hydrogens is 186 g/mol. The second-order valence-electron chi connectivity index (χ2n) is 4.22. The molecule has 3 nitrogen and oxygen atoms in total. The number of hydrogen-bond acceptors (Lipinski definition) is 2. The first kappa shape index (κ1) is 10.2. The second kappa shape index (κ2) is 4.03. The zero-order valence-corrected chi connectivity index (χ0v) is 9.27. The summed E-state index contributed by atoms with van der Waals surface area (Å²) in [5.74, 6) is 0.533. The normalized spacial score (nSPS) is 13.3. The van der Waals surface area contributed by atoms with E-state index in [2.05, 4.69) is 30.1 Å². The molecule has 2 rings (SSSR count). The van der Waals surface area contributed by atoms with Gasteiger partial charge < -0.3 is 10.3 Å². The van der Waals surface area contributed by atoms with Gasteiger partial charge in [0.2, 0.25) is 0 Å². The van der Waals surface area contributed by atoms with Crippen LogP contribution in [0.25, 0.3) is 11.0 Å². The predicted octanol–water partition coefficient (Wildman–Crippen LogP) is 1.71. The molecule has 1 aromatic carbocycles. The Morgan fingerprint density at radius 2 is 2.27 bits per heavy atom. The van der Waals surface area contributed by atoms with E-state index in [9.17, 15) is 0 Å². The molecule has 1 heterocycles. The number of hydrogen-bond donors (Lipinski definition) is 1. The lowest BCUT2D eigenvalue weighted by Gasteiger charge is -2.07. The van der Waals surface area contributed by atoms with Crippen molar-refractivity contribution in [2.45, 2.75) is 13.3 Å². The summed E-state index contributed by atoms with van der Waals surface area (Å²) in [7, 11) is 2.01. The maximum Gasteiger partial charge on any atom is 0.0955 e. The van der Waals surface area contributed by atoms with Gasteiger partial charge in [0, 0.05) is 7.05 Å². The maximum atomic E-state index is 5.62. The summed E-state index contributed by atoms with van der Waals surface area (Å²) in [5, 5.41) is 0. The van der Waals surface area contributed by atoms with Gasteiger partial charge in [-0.25, -0.2) is 4.98 Å². The summed E-state index contributed by atoms with van der Waals surface area (Å²) in [6.07, 6.45) is 2.88. The highest BCUT2D eigenvalue weighted by molar-refractivity contribution is 5.75. The van der Waals surface area contributed by atoms with Crippen LogP contribution in [0.2, 0.25) is 0 Å². The van der Waals surface area contributed by atoms with Crippen LogP contribution in [0.1, 0.15) is 12.5 Å². The third-order valence-electron chi connectivity index (χ3n) is 2.78. The molecule has 0 bridgehead atoms. The molecule has 0 amide bonds. The number of nitrogens with zero attached hydrogens (tertiary/aromatic N) is 2. The number of aromatic nitrogens is 2. The monoisotopic (exact) mass is 203 g/mol. The quantitative estimate of drug-likeness (QED) is 0.825. The first-order valence-corrected chi connectivity index (χ1v) is 5.30. The smallest absolute Gasteiger partial charge is 0.0955 e. The Morgan fingerprint density at radius 1 is 1.47 bits per heavy atom. The van der Waals surface area contributed by atoms with Crippen molar-refractivity contribution in [3.63, 3.8) is 0 Å². The highest BCUT2D eigenvalue weighted by Crippen LogP contribution is 2.16. The summed E-state index contributed by atoms with van der Waals surface area (Å²) in [5.41, 5.74) is 9.18. The van der Waals surface area contributed by atoms with Crippen LogP contribution in [0.4, 0.5) is 0 Å². The highest BCUT2D eigenvalue weighted by Gasteiger charge is 2.04. The molecule has 1 unspecified atom stereocenters. The molecule has 0 saturated carbocycles. The Bertz CT molecular complexity index is 459. The van der Waals surface area contributed by atoms with Gasteiger partial charge in [-0.15, -0.1) is 0 Å². The van der Waals surface area contributed by atoms with Crippen LogP contribution in [-0.2, 0) is 13.5 Å². The number of imidazole rings is 1. The van der Waals surface area contributed by atoms with Gasteiger partial charge in [0.25, 0.3) is 0 Å². The average molecular weight is 203 g/mol. The van der Waals surface area contributed by atoms with Gasteiger partial charge in [0.15, 0.2) is 0 Å². The topological polar surface area (TPSA) is 43.8 Å². The highest BCUT2D eigenvalue weighted by atomic mass is 15.0. The predicted molar refractivity (Wildman–Crippen MR) is 62.6 cm³/mol. The largest absolute Gasteiger partial charge is 0.334 e. The first-order valence-electron chi connectivity index (χ1n) is 5.30. The van der Waals surface area contributed by atoms with E-state index in [-0.39, 0.29) is 0 Å². The Hall–Kier alpha value is -1.35. The molecule has 15 heavy (non-hydrogen) atoms. The lowest BCUT2D eigenvalue weighted by atomic mass is 10.0. The third kappa shape index (κ3) is 2.02. The molecule has 0 aliphatic carbocycles. The van der Waals surface area contributed by atoms with Gasteiger partial charge in [-0.1, -0.05) is 13.0 Å². The van der Waals surface area contributed by atoms with E-state index in [1.54, 1.807) is 0 Å². The lowest BCUT2D eigenvalue weighted by molar-refractivity contribution is 0.593. The van der Waals surface area contributed by atoms with E-state index < -0.39 is 0 Å². The Morgan fingerprint density at radius 3 is 3.00 bits per heavy atom. The Kier molecular flexibility index (Phi) is 2.73. The van der Waals surface area contributed by atoms with E-state index >= 15 is 0 Å². The fraction of sp³-hybridized carbons (Fsp3) is 0.417. The van der Waals surface area contributed by atoms with Crippen LogP contribution in [-0.4, -0.2) is 16.1 Å². The molecule has 80 valence electrons. The standard InChI is InChI=1S/C12H17N3/c1-9(7-13)5-10-3-4-12-11(6-10)14-8-15(12)2/h3-4,6,8-9H,5,7,13H2,1-2H3. The van der Waals surface area contributed by atoms with E-state index in [0.29, 0.717) is 5.92 Å². The molecule has 0 radical (unpaired) electrons. The van der Waals surface area contributed by atoms with Gasteiger partial charge in [0.05, 0.1) is 17.4 Å². The number of benzene rings is 1. The number of fused-ring (bicyclic) bond motifs is 1. The number of aryl methyl sites for hydroxylation is 1. The summed E-state index contributed by atoms with van der Waals surface area (Å²) in [4.78, 5) is 4.34. The van der Waals surface area contributed by atoms with Crippen molar-refractivity contribution in [1.82, 2.24) is 9.55 Å². The Labute approximate surface area is 89.9 Å². The molecule has 0 saturated heterocycles. The van der Waals surface area contributed by atoms with Crippen molar-refractivity contribution in [2.24, 2.45) is 18.7 Å². The minimum atomic E-state index is 0.533. The van der Waals surface area contributed by atoms with Crippen molar-refractivity contribution >= 4 is 11.0 Å². The number of rotatable bonds is 3. The zero-order chi connectivity index (χ0) is 10.8. The first-order chi connectivity index (χ1) is 7.20. The maximum absolute atomic E-state index is 5.62. The molecule has 0 aliphatic heterocycles. The fourth-order valence-corrected chi connectivity index (χ4v) is 1.79. The van der Waals surface area contributed by atoms with Crippen molar-refractivity contribution < 1.29 is 0 Å². The molecule has 1 atom stereocenters. The van der Waals surface area contributed by atoms with E-state index in [1.165, 1.54) is 11.1 Å². The summed E-state index contributed by atoms with van der Waals surface area (Å²) < 4.78 is 2.03. The zero-order valence-electron chi connectivity index (χ0n) is 9.27. The van der Waals surface area contributed by atoms with Crippen molar-refractivity contribution in [3.05, 3.63) is 30.1 Å². The van der Waals surface area contributed by atoms with Crippen molar-refractivity contribution in [3.8, 4) is 0 Å². The van der Waals surface area contributed by atoms with Crippen LogP contribution in [0.3, 0.4) is 0 Å². The van der Waals surface area contributed by atoms with Gasteiger partial charge >= 0.3 is 0 Å². The van der Waals surface area contributed by atoms with Crippen molar-refractivity contribution in [1.29, 1.82) is 0 Å². The van der Waals surface area contributed by atoms with Crippen molar-refractivity contribution in [2.75, 3.05) is 6.54 Å². The third-order valence-corrected chi connectivity index (χ3v) is 2.78. The van der Waals surface area contributed by atoms with Crippen LogP contribution in [0, 0.1) is 5.92 Å². The van der Waals surface area contributed by atoms with Crippen LogP contribution >= 0.6 is 0 Å². The summed E-state index contributed by atoms with van der Waals surface area (Å²) >= 11 is 0. The van der Waals surface area contributed by atoms with Gasteiger partial charge in [0.1, 0.15) is 0 Å². The fourth-order valence-electron chi connectivity index (χ4n) is 1.79. The summed E-state index contributed by atoms with van der Waals surface area (Å²) in [6.45, 7) is 2.91. The second-order valence-corrected chi connectivity index (χ2v) is 4.22. The van der Waals surface area contributed by atoms with E-state index in [1.807, 2.05) is 17.9 Å². The molecule has 2 N–H and O–H groups in total. The molecule has 3 heteroatoms. The average Bonchev–Trinajstić information content (AvgIpc) is 2.60. The van der Waals surface area contributed by atoms with Crippen LogP contribution in [0.5, 0.6) is 0 Å². The molecular formula is C12H17N3. The molecule has 0 aliphatic rings. The van der Waals surface area contributed by atoms with E-state index in [0.717, 1.165) is 18.5 Å². The minimum absolute atomic E-state index is 0.533. The van der Waals surface area contributed by atoms with Gasteiger partial charge in [-0.2, -0.15) is 0 Å². The Balaban J connectivity index is 2.31. The molecule has 0 spiro atoms. The molecule has 2 aromatic rings. The molecule has 1 aromatic heterocycles. The lowest BCUT2D eigenvalue weighted by Crippen LogP contribution is -2.12.